The molecule has 4 nitrogen and oxygen atoms in total. The molecule has 1 aliphatic rings. The van der Waals surface area contributed by atoms with Crippen LogP contribution in [-0.4, -0.2) is 19.1 Å². The Morgan fingerprint density at radius 2 is 2.37 bits per heavy atom. The van der Waals surface area contributed by atoms with Crippen molar-refractivity contribution in [2.45, 2.75) is 13.0 Å². The van der Waals surface area contributed by atoms with Crippen LogP contribution in [0, 0.1) is 5.92 Å². The molecule has 3 heterocycles. The molecular weight excluding hydrogens is 262 g/mol. The summed E-state index contributed by atoms with van der Waals surface area (Å²) in [6.45, 7) is 1.64. The Hall–Kier alpha value is -1.59. The minimum Gasteiger partial charge on any atom is -0.459 e. The molecule has 2 aromatic rings. The van der Waals surface area contributed by atoms with Gasteiger partial charge in [-0.15, -0.1) is 0 Å². The zero-order valence-corrected chi connectivity index (χ0v) is 11.2. The summed E-state index contributed by atoms with van der Waals surface area (Å²) in [7, 11) is 0. The second kappa shape index (κ2) is 5.59. The van der Waals surface area contributed by atoms with Crippen LogP contribution in [0.1, 0.15) is 12.2 Å². The van der Waals surface area contributed by atoms with E-state index < -0.39 is 0 Å². The predicted molar refractivity (Wildman–Crippen MR) is 72.8 cm³/mol. The molecule has 5 heteroatoms. The van der Waals surface area contributed by atoms with Crippen LogP contribution in [0.25, 0.3) is 11.3 Å². The van der Waals surface area contributed by atoms with E-state index in [2.05, 4.69) is 5.32 Å². The van der Waals surface area contributed by atoms with Gasteiger partial charge in [-0.3, -0.25) is 4.79 Å². The van der Waals surface area contributed by atoms with Gasteiger partial charge < -0.3 is 14.5 Å². The summed E-state index contributed by atoms with van der Waals surface area (Å²) in [5.74, 6) is 1.65. The van der Waals surface area contributed by atoms with Crippen molar-refractivity contribution in [3.8, 4) is 11.3 Å². The fourth-order valence-electron chi connectivity index (χ4n) is 2.09. The van der Waals surface area contributed by atoms with E-state index in [9.17, 15) is 4.79 Å². The number of hydrogen-bond acceptors (Lipinski definition) is 4. The van der Waals surface area contributed by atoms with E-state index in [1.54, 1.807) is 11.3 Å². The Morgan fingerprint density at radius 1 is 1.42 bits per heavy atom. The zero-order valence-electron chi connectivity index (χ0n) is 10.4. The van der Waals surface area contributed by atoms with Crippen LogP contribution in [0.4, 0.5) is 0 Å². The maximum atomic E-state index is 11.8. The largest absolute Gasteiger partial charge is 0.459 e. The van der Waals surface area contributed by atoms with Crippen LogP contribution in [0.3, 0.4) is 0 Å². The van der Waals surface area contributed by atoms with Crippen molar-refractivity contribution in [2.24, 2.45) is 5.92 Å². The average molecular weight is 277 g/mol. The first-order valence-corrected chi connectivity index (χ1v) is 7.24. The van der Waals surface area contributed by atoms with Crippen molar-refractivity contribution in [3.63, 3.8) is 0 Å². The number of nitrogens with one attached hydrogen (secondary N) is 1. The summed E-state index contributed by atoms with van der Waals surface area (Å²) in [5.41, 5.74) is 1.08. The van der Waals surface area contributed by atoms with Gasteiger partial charge in [0.15, 0.2) is 0 Å². The Labute approximate surface area is 115 Å². The fraction of sp³-hybridized carbons (Fsp3) is 0.357. The van der Waals surface area contributed by atoms with E-state index in [4.69, 9.17) is 9.15 Å². The number of furan rings is 1. The molecule has 1 fully saturated rings. The van der Waals surface area contributed by atoms with E-state index in [0.29, 0.717) is 19.8 Å². The van der Waals surface area contributed by atoms with Crippen LogP contribution in [0.2, 0.25) is 0 Å². The van der Waals surface area contributed by atoms with Crippen LogP contribution in [-0.2, 0) is 16.1 Å². The topological polar surface area (TPSA) is 51.5 Å². The maximum Gasteiger partial charge on any atom is 0.225 e. The predicted octanol–water partition coefficient (Wildman–Crippen LogP) is 2.66. The molecule has 0 aliphatic carbocycles. The minimum absolute atomic E-state index is 0.00805. The number of ether oxygens (including phenoxy) is 1. The molecule has 1 amide bonds. The summed E-state index contributed by atoms with van der Waals surface area (Å²) in [6, 6.07) is 5.85. The normalized spacial score (nSPS) is 18.6. The number of thiophene rings is 1. The average Bonchev–Trinajstić information content (AvgIpc) is 3.14. The van der Waals surface area contributed by atoms with Gasteiger partial charge in [0.05, 0.1) is 19.1 Å². The SMILES string of the molecule is O=C(NCc1ccc(-c2ccsc2)o1)[C@H]1CCOC1. The van der Waals surface area contributed by atoms with Gasteiger partial charge in [-0.05, 0) is 30.0 Å². The third-order valence-corrected chi connectivity index (χ3v) is 3.89. The lowest BCUT2D eigenvalue weighted by Gasteiger charge is -2.07. The molecular formula is C14H15NO3S. The van der Waals surface area contributed by atoms with Gasteiger partial charge in [-0.2, -0.15) is 11.3 Å². The summed E-state index contributed by atoms with van der Waals surface area (Å²) >= 11 is 1.64. The summed E-state index contributed by atoms with van der Waals surface area (Å²) in [5, 5.41) is 6.94. The molecule has 0 bridgehead atoms. The lowest BCUT2D eigenvalue weighted by Crippen LogP contribution is -2.30. The summed E-state index contributed by atoms with van der Waals surface area (Å²) in [4.78, 5) is 11.8. The van der Waals surface area contributed by atoms with Gasteiger partial charge in [-0.1, -0.05) is 0 Å². The number of carbonyl (C=O) groups is 1. The van der Waals surface area contributed by atoms with E-state index >= 15 is 0 Å². The smallest absolute Gasteiger partial charge is 0.225 e. The fourth-order valence-corrected chi connectivity index (χ4v) is 2.74. The van der Waals surface area contributed by atoms with Crippen molar-refractivity contribution in [2.75, 3.05) is 13.2 Å². The highest BCUT2D eigenvalue weighted by Crippen LogP contribution is 2.24. The van der Waals surface area contributed by atoms with Crippen LogP contribution in [0.15, 0.2) is 33.4 Å². The minimum atomic E-state index is -0.00805. The van der Waals surface area contributed by atoms with Crippen molar-refractivity contribution >= 4 is 17.2 Å². The molecule has 0 spiro atoms. The highest BCUT2D eigenvalue weighted by molar-refractivity contribution is 7.08. The summed E-state index contributed by atoms with van der Waals surface area (Å²) in [6.07, 6.45) is 0.810. The lowest BCUT2D eigenvalue weighted by molar-refractivity contribution is -0.125. The van der Waals surface area contributed by atoms with Crippen LogP contribution in [0.5, 0.6) is 0 Å². The van der Waals surface area contributed by atoms with Gasteiger partial charge in [0.25, 0.3) is 0 Å². The number of amides is 1. The van der Waals surface area contributed by atoms with Gasteiger partial charge in [0.2, 0.25) is 5.91 Å². The monoisotopic (exact) mass is 277 g/mol. The maximum absolute atomic E-state index is 11.8. The van der Waals surface area contributed by atoms with Gasteiger partial charge in [-0.25, -0.2) is 0 Å². The van der Waals surface area contributed by atoms with Crippen molar-refractivity contribution in [1.82, 2.24) is 5.32 Å². The van der Waals surface area contributed by atoms with E-state index in [1.807, 2.05) is 29.0 Å². The number of hydrogen-bond donors (Lipinski definition) is 1. The molecule has 2 aromatic heterocycles. The van der Waals surface area contributed by atoms with Crippen LogP contribution >= 0.6 is 11.3 Å². The van der Waals surface area contributed by atoms with E-state index in [-0.39, 0.29) is 11.8 Å². The summed E-state index contributed by atoms with van der Waals surface area (Å²) < 4.78 is 10.9. The zero-order chi connectivity index (χ0) is 13.1. The Bertz CT molecular complexity index is 541. The molecule has 1 atom stereocenters. The van der Waals surface area contributed by atoms with Crippen molar-refractivity contribution in [3.05, 3.63) is 34.7 Å². The number of rotatable bonds is 4. The van der Waals surface area contributed by atoms with Crippen LogP contribution < -0.4 is 5.32 Å². The van der Waals surface area contributed by atoms with E-state index in [0.717, 1.165) is 23.5 Å². The molecule has 0 saturated carbocycles. The van der Waals surface area contributed by atoms with Gasteiger partial charge in [0.1, 0.15) is 11.5 Å². The molecule has 1 saturated heterocycles. The lowest BCUT2D eigenvalue weighted by atomic mass is 10.1. The molecule has 19 heavy (non-hydrogen) atoms. The Kier molecular flexibility index (Phi) is 3.66. The quantitative estimate of drug-likeness (QED) is 0.934. The van der Waals surface area contributed by atoms with Crippen molar-refractivity contribution < 1.29 is 13.9 Å². The standard InChI is InChI=1S/C14H15NO3S/c16-14(10-3-5-17-8-10)15-7-12-1-2-13(18-12)11-4-6-19-9-11/h1-2,4,6,9-10H,3,5,7-8H2,(H,15,16)/t10-/m0/s1. The molecule has 1 N–H and O–H groups in total. The second-order valence-electron chi connectivity index (χ2n) is 4.56. The van der Waals surface area contributed by atoms with Gasteiger partial charge >= 0.3 is 0 Å². The molecule has 0 aromatic carbocycles. The third-order valence-electron chi connectivity index (χ3n) is 3.20. The molecule has 0 unspecified atom stereocenters. The second-order valence-corrected chi connectivity index (χ2v) is 5.34. The molecule has 100 valence electrons. The highest BCUT2D eigenvalue weighted by Gasteiger charge is 2.23. The Morgan fingerprint density at radius 3 is 3.11 bits per heavy atom. The first kappa shape index (κ1) is 12.4. The first-order chi connectivity index (χ1) is 9.33. The Balaban J connectivity index is 1.57. The molecule has 0 radical (unpaired) electrons. The highest BCUT2D eigenvalue weighted by atomic mass is 32.1. The number of carbonyl (C=O) groups excluding carboxylic acids is 1. The molecule has 3 rings (SSSR count). The third kappa shape index (κ3) is 2.88. The van der Waals surface area contributed by atoms with Crippen molar-refractivity contribution in [1.29, 1.82) is 0 Å². The van der Waals surface area contributed by atoms with E-state index in [1.165, 1.54) is 0 Å². The molecule has 1 aliphatic heterocycles. The van der Waals surface area contributed by atoms with Gasteiger partial charge in [0, 0.05) is 17.6 Å². The first-order valence-electron chi connectivity index (χ1n) is 6.29.